The van der Waals surface area contributed by atoms with Gasteiger partial charge in [-0.1, -0.05) is 36.4 Å². The summed E-state index contributed by atoms with van der Waals surface area (Å²) in [5.41, 5.74) is 2.76. The number of benzene rings is 3. The highest BCUT2D eigenvalue weighted by Crippen LogP contribution is 2.42. The SMILES string of the molecule is COCCN1C(=O)C(=O)C(=C(O)c2ccc(OCc3ccccc3)cc2C)[C@@H]1c1ccc(OC)c(OC)c1. The van der Waals surface area contributed by atoms with Gasteiger partial charge >= 0.3 is 0 Å². The Balaban J connectivity index is 1.74. The van der Waals surface area contributed by atoms with Gasteiger partial charge < -0.3 is 29.0 Å². The second kappa shape index (κ2) is 11.8. The fourth-order valence-electron chi connectivity index (χ4n) is 4.55. The van der Waals surface area contributed by atoms with Crippen molar-refractivity contribution >= 4 is 17.4 Å². The molecule has 1 saturated heterocycles. The normalized spacial score (nSPS) is 16.5. The van der Waals surface area contributed by atoms with Crippen molar-refractivity contribution in [2.24, 2.45) is 0 Å². The van der Waals surface area contributed by atoms with Crippen LogP contribution in [0.5, 0.6) is 17.2 Å². The lowest BCUT2D eigenvalue weighted by Gasteiger charge is -2.25. The van der Waals surface area contributed by atoms with Gasteiger partial charge in [-0.05, 0) is 53.9 Å². The van der Waals surface area contributed by atoms with Gasteiger partial charge in [0.1, 0.15) is 18.1 Å². The molecule has 3 aromatic carbocycles. The Kier molecular flexibility index (Phi) is 8.33. The lowest BCUT2D eigenvalue weighted by atomic mass is 9.93. The average molecular weight is 518 g/mol. The van der Waals surface area contributed by atoms with Gasteiger partial charge in [0.15, 0.2) is 11.5 Å². The van der Waals surface area contributed by atoms with E-state index in [0.717, 1.165) is 5.56 Å². The van der Waals surface area contributed by atoms with Gasteiger partial charge in [0.25, 0.3) is 11.7 Å². The predicted molar refractivity (Wildman–Crippen MR) is 142 cm³/mol. The molecule has 198 valence electrons. The van der Waals surface area contributed by atoms with Crippen LogP contribution in [0, 0.1) is 6.92 Å². The van der Waals surface area contributed by atoms with Gasteiger partial charge in [-0.2, -0.15) is 0 Å². The summed E-state index contributed by atoms with van der Waals surface area (Å²) in [7, 11) is 4.55. The molecule has 1 amide bonds. The van der Waals surface area contributed by atoms with Crippen LogP contribution >= 0.6 is 0 Å². The van der Waals surface area contributed by atoms with Crippen LogP contribution in [0.2, 0.25) is 0 Å². The molecule has 1 heterocycles. The number of aryl methyl sites for hydroxylation is 1. The minimum absolute atomic E-state index is 0.000577. The molecular weight excluding hydrogens is 486 g/mol. The number of methoxy groups -OCH3 is 3. The van der Waals surface area contributed by atoms with E-state index in [1.165, 1.54) is 26.2 Å². The van der Waals surface area contributed by atoms with E-state index in [-0.39, 0.29) is 24.5 Å². The van der Waals surface area contributed by atoms with Crippen molar-refractivity contribution in [3.05, 3.63) is 94.6 Å². The molecule has 0 unspecified atom stereocenters. The fourth-order valence-corrected chi connectivity index (χ4v) is 4.55. The van der Waals surface area contributed by atoms with E-state index in [9.17, 15) is 14.7 Å². The van der Waals surface area contributed by atoms with Gasteiger partial charge in [0.05, 0.1) is 32.4 Å². The zero-order valence-electron chi connectivity index (χ0n) is 21.9. The lowest BCUT2D eigenvalue weighted by molar-refractivity contribution is -0.140. The standard InChI is InChI=1S/C30H31NO7/c1-19-16-22(38-18-20-8-6-5-7-9-20)11-12-23(19)28(32)26-27(31(14-15-35-2)30(34)29(26)33)21-10-13-24(36-3)25(17-21)37-4/h5-13,16-17,27,32H,14-15,18H2,1-4H3/t27-/m0/s1. The molecule has 1 atom stereocenters. The number of ketones is 1. The summed E-state index contributed by atoms with van der Waals surface area (Å²) in [4.78, 5) is 27.7. The second-order valence-corrected chi connectivity index (χ2v) is 8.85. The molecule has 38 heavy (non-hydrogen) atoms. The van der Waals surface area contributed by atoms with Crippen LogP contribution in [0.3, 0.4) is 0 Å². The third-order valence-corrected chi connectivity index (χ3v) is 6.50. The molecule has 1 N–H and O–H groups in total. The summed E-state index contributed by atoms with van der Waals surface area (Å²) in [5, 5.41) is 11.4. The molecule has 3 aromatic rings. The number of hydrogen-bond donors (Lipinski definition) is 1. The van der Waals surface area contributed by atoms with Crippen molar-refractivity contribution in [1.82, 2.24) is 4.90 Å². The Bertz CT molecular complexity index is 1350. The Labute approximate surface area is 222 Å². The number of Topliss-reactive ketones (excluding diaryl/α,β-unsaturated/α-hetero) is 1. The molecule has 1 fully saturated rings. The highest BCUT2D eigenvalue weighted by atomic mass is 16.5. The summed E-state index contributed by atoms with van der Waals surface area (Å²) in [6.07, 6.45) is 0. The molecule has 0 radical (unpaired) electrons. The van der Waals surface area contributed by atoms with Crippen molar-refractivity contribution < 1.29 is 33.6 Å². The Morgan fingerprint density at radius 1 is 0.921 bits per heavy atom. The Morgan fingerprint density at radius 3 is 2.32 bits per heavy atom. The van der Waals surface area contributed by atoms with Crippen molar-refractivity contribution in [3.63, 3.8) is 0 Å². The number of aliphatic hydroxyl groups excluding tert-OH is 1. The molecular formula is C30H31NO7. The van der Waals surface area contributed by atoms with Crippen molar-refractivity contribution in [1.29, 1.82) is 0 Å². The molecule has 8 nitrogen and oxygen atoms in total. The van der Waals surface area contributed by atoms with E-state index in [4.69, 9.17) is 18.9 Å². The molecule has 8 heteroatoms. The smallest absolute Gasteiger partial charge is 0.295 e. The maximum absolute atomic E-state index is 13.3. The van der Waals surface area contributed by atoms with Crippen LogP contribution in [0.15, 0.2) is 72.3 Å². The predicted octanol–water partition coefficient (Wildman–Crippen LogP) is 4.66. The first kappa shape index (κ1) is 26.8. The number of carbonyl (C=O) groups excluding carboxylic acids is 2. The third-order valence-electron chi connectivity index (χ3n) is 6.50. The van der Waals surface area contributed by atoms with E-state index in [1.54, 1.807) is 36.4 Å². The minimum atomic E-state index is -0.835. The quantitative estimate of drug-likeness (QED) is 0.237. The maximum atomic E-state index is 13.3. The van der Waals surface area contributed by atoms with Crippen molar-refractivity contribution in [2.75, 3.05) is 34.5 Å². The first-order chi connectivity index (χ1) is 18.4. The van der Waals surface area contributed by atoms with Crippen LogP contribution < -0.4 is 14.2 Å². The van der Waals surface area contributed by atoms with E-state index >= 15 is 0 Å². The fraction of sp³-hybridized carbons (Fsp3) is 0.267. The van der Waals surface area contributed by atoms with E-state index in [0.29, 0.717) is 40.5 Å². The van der Waals surface area contributed by atoms with Gasteiger partial charge in [-0.25, -0.2) is 0 Å². The molecule has 1 aliphatic rings. The van der Waals surface area contributed by atoms with Gasteiger partial charge in [0, 0.05) is 19.2 Å². The summed E-state index contributed by atoms with van der Waals surface area (Å²) >= 11 is 0. The van der Waals surface area contributed by atoms with E-state index in [1.807, 2.05) is 37.3 Å². The zero-order valence-corrected chi connectivity index (χ0v) is 21.9. The van der Waals surface area contributed by atoms with Crippen LogP contribution in [-0.4, -0.2) is 56.2 Å². The minimum Gasteiger partial charge on any atom is -0.507 e. The number of ether oxygens (including phenoxy) is 4. The third kappa shape index (κ3) is 5.35. The molecule has 1 aliphatic heterocycles. The number of likely N-dealkylation sites (tertiary alicyclic amines) is 1. The molecule has 0 bridgehead atoms. The molecule has 0 aliphatic carbocycles. The van der Waals surface area contributed by atoms with Crippen LogP contribution in [-0.2, 0) is 20.9 Å². The number of amides is 1. The number of nitrogens with zero attached hydrogens (tertiary/aromatic N) is 1. The van der Waals surface area contributed by atoms with E-state index in [2.05, 4.69) is 0 Å². The Hall–Kier alpha value is -4.30. The summed E-state index contributed by atoms with van der Waals surface area (Å²) in [6.45, 7) is 2.61. The van der Waals surface area contributed by atoms with Crippen LogP contribution in [0.1, 0.15) is 28.3 Å². The van der Waals surface area contributed by atoms with Gasteiger partial charge in [-0.3, -0.25) is 9.59 Å². The summed E-state index contributed by atoms with van der Waals surface area (Å²) < 4.78 is 21.9. The van der Waals surface area contributed by atoms with Crippen molar-refractivity contribution in [3.8, 4) is 17.2 Å². The van der Waals surface area contributed by atoms with Crippen molar-refractivity contribution in [2.45, 2.75) is 19.6 Å². The lowest BCUT2D eigenvalue weighted by Crippen LogP contribution is -2.32. The number of rotatable bonds is 10. The largest absolute Gasteiger partial charge is 0.507 e. The molecule has 0 aromatic heterocycles. The highest BCUT2D eigenvalue weighted by Gasteiger charge is 2.46. The summed E-state index contributed by atoms with van der Waals surface area (Å²) in [6, 6.07) is 19.3. The molecule has 4 rings (SSSR count). The van der Waals surface area contributed by atoms with Gasteiger partial charge in [0.2, 0.25) is 0 Å². The van der Waals surface area contributed by atoms with Crippen LogP contribution in [0.25, 0.3) is 5.76 Å². The monoisotopic (exact) mass is 517 g/mol. The second-order valence-electron chi connectivity index (χ2n) is 8.85. The number of carbonyl (C=O) groups is 2. The first-order valence-electron chi connectivity index (χ1n) is 12.2. The molecule has 0 saturated carbocycles. The Morgan fingerprint density at radius 2 is 1.66 bits per heavy atom. The highest BCUT2D eigenvalue weighted by molar-refractivity contribution is 6.46. The summed E-state index contributed by atoms with van der Waals surface area (Å²) in [5.74, 6) is -0.147. The first-order valence-corrected chi connectivity index (χ1v) is 12.2. The molecule has 0 spiro atoms. The maximum Gasteiger partial charge on any atom is 0.295 e. The van der Waals surface area contributed by atoms with E-state index < -0.39 is 17.7 Å². The average Bonchev–Trinajstić information content (AvgIpc) is 3.19. The zero-order chi connectivity index (χ0) is 27.2. The number of hydrogen-bond acceptors (Lipinski definition) is 7. The van der Waals surface area contributed by atoms with Gasteiger partial charge in [-0.15, -0.1) is 0 Å². The topological polar surface area (TPSA) is 94.5 Å². The number of aliphatic hydroxyl groups is 1. The van der Waals surface area contributed by atoms with Crippen LogP contribution in [0.4, 0.5) is 0 Å².